The van der Waals surface area contributed by atoms with Crippen LogP contribution >= 0.6 is 19.4 Å². The van der Waals surface area contributed by atoms with Crippen LogP contribution in [0.1, 0.15) is 23.7 Å². The Bertz CT molecular complexity index is 1560. The Kier molecular flexibility index (Phi) is 8.26. The molecule has 0 bridgehead atoms. The van der Waals surface area contributed by atoms with Crippen molar-refractivity contribution in [2.24, 2.45) is 5.92 Å². The van der Waals surface area contributed by atoms with Gasteiger partial charge in [0.2, 0.25) is 0 Å². The number of ether oxygens (including phenoxy) is 2. The molecule has 0 spiro atoms. The summed E-state index contributed by atoms with van der Waals surface area (Å²) in [7, 11) is -9.97. The number of fused-ring (bicyclic) bond motifs is 2. The average Bonchev–Trinajstić information content (AvgIpc) is 2.91. The first-order valence-corrected chi connectivity index (χ1v) is 16.1. The Labute approximate surface area is 240 Å². The van der Waals surface area contributed by atoms with Gasteiger partial charge in [-0.25, -0.2) is 0 Å². The van der Waals surface area contributed by atoms with Crippen molar-refractivity contribution in [2.75, 3.05) is 13.7 Å². The quantitative estimate of drug-likeness (QED) is 0.0890. The summed E-state index contributed by atoms with van der Waals surface area (Å²) in [6.07, 6.45) is 8.93. The fraction of sp³-hybridized carbons (Fsp3) is 0.172. The molecule has 0 saturated carbocycles. The first-order chi connectivity index (χ1) is 19.1. The van der Waals surface area contributed by atoms with Gasteiger partial charge in [-0.15, -0.1) is 0 Å². The number of thiol groups is 1. The Hall–Kier alpha value is -3.07. The van der Waals surface area contributed by atoms with Gasteiger partial charge in [0.25, 0.3) is 0 Å². The predicted octanol–water partition coefficient (Wildman–Crippen LogP) is 10.1. The molecule has 0 radical (unpaired) electrons. The van der Waals surface area contributed by atoms with Gasteiger partial charge in [0.05, 0.1) is 24.3 Å². The van der Waals surface area contributed by atoms with Gasteiger partial charge in [-0.2, -0.15) is 0 Å². The minimum absolute atomic E-state index is 0.0474. The molecule has 41 heavy (non-hydrogen) atoms. The van der Waals surface area contributed by atoms with Crippen LogP contribution in [0.5, 0.6) is 11.5 Å². The van der Waals surface area contributed by atoms with Crippen LogP contribution in [-0.2, 0) is 10.5 Å². The summed E-state index contributed by atoms with van der Waals surface area (Å²) in [4.78, 5) is 16.7. The number of hydrogen-bond acceptors (Lipinski definition) is 3. The number of rotatable bonds is 6. The van der Waals surface area contributed by atoms with Crippen LogP contribution in [0.4, 0.5) is 25.2 Å². The zero-order chi connectivity index (χ0) is 30.1. The van der Waals surface area contributed by atoms with Crippen LogP contribution in [0, 0.1) is 5.92 Å². The molecule has 12 heteroatoms. The molecule has 0 aromatic heterocycles. The molecule has 0 amide bonds. The first kappa shape index (κ1) is 30.9. The van der Waals surface area contributed by atoms with Crippen LogP contribution in [0.3, 0.4) is 0 Å². The molecule has 2 aliphatic rings. The number of carbonyl (C=O) groups is 1. The van der Waals surface area contributed by atoms with Gasteiger partial charge >= 0.3 is 33.0 Å². The fourth-order valence-corrected chi connectivity index (χ4v) is 7.56. The van der Waals surface area contributed by atoms with Crippen LogP contribution in [0.15, 0.2) is 94.8 Å². The zero-order valence-electron chi connectivity index (χ0n) is 21.8. The molecule has 3 nitrogen and oxygen atoms in total. The van der Waals surface area contributed by atoms with E-state index in [4.69, 9.17) is 21.1 Å². The average molecular weight is 635 g/mol. The Morgan fingerprint density at radius 2 is 1.46 bits per heavy atom. The number of carbonyl (C=O) groups excluding carboxylic acids is 1. The molecule has 2 atom stereocenters. The van der Waals surface area contributed by atoms with Crippen molar-refractivity contribution < 1.29 is 39.4 Å². The third kappa shape index (κ3) is 8.03. The summed E-state index contributed by atoms with van der Waals surface area (Å²) >= 11 is 6.63. The summed E-state index contributed by atoms with van der Waals surface area (Å²) in [6, 6.07) is 20.4. The molecule has 0 saturated heterocycles. The third-order valence-corrected chi connectivity index (χ3v) is 9.08. The van der Waals surface area contributed by atoms with Crippen molar-refractivity contribution in [3.8, 4) is 22.6 Å². The van der Waals surface area contributed by atoms with E-state index < -0.39 is 18.3 Å². The van der Waals surface area contributed by atoms with Gasteiger partial charge < -0.3 is 9.47 Å². The molecular weight excluding hydrogens is 609 g/mol. The van der Waals surface area contributed by atoms with Crippen molar-refractivity contribution >= 4 is 40.5 Å². The molecule has 1 aliphatic carbocycles. The minimum atomic E-state index is -10.7. The number of ketones is 1. The SMILES string of the molecule is CCCOc1ccc(Cl)c2c1[SH+](c1ccc(-c3ccc(OC)cc3)cc1)=C1C=CC=CC1C2=O.F[P-](F)(F)(F)(F)F. The topological polar surface area (TPSA) is 35.5 Å². The molecule has 3 aromatic carbocycles. The Morgan fingerprint density at radius 3 is 2.02 bits per heavy atom. The van der Waals surface area contributed by atoms with E-state index in [0.717, 1.165) is 38.8 Å². The van der Waals surface area contributed by atoms with Gasteiger partial charge in [0.1, 0.15) is 21.4 Å². The second kappa shape index (κ2) is 11.0. The number of hydrogen-bond donors (Lipinski definition) is 0. The summed E-state index contributed by atoms with van der Waals surface area (Å²) in [5.74, 6) is 1.35. The number of benzene rings is 3. The molecule has 1 heterocycles. The van der Waals surface area contributed by atoms with E-state index in [0.29, 0.717) is 17.2 Å². The number of Topliss-reactive ketones (excluding diaryl/α,β-unsaturated/α-hetero) is 1. The normalized spacial score (nSPS) is 19.2. The van der Waals surface area contributed by atoms with Gasteiger partial charge in [-0.3, -0.25) is 4.79 Å². The van der Waals surface area contributed by atoms with Crippen LogP contribution in [0.25, 0.3) is 11.1 Å². The zero-order valence-corrected chi connectivity index (χ0v) is 24.4. The number of methoxy groups -OCH3 is 1. The predicted molar refractivity (Wildman–Crippen MR) is 156 cm³/mol. The van der Waals surface area contributed by atoms with Crippen molar-refractivity contribution in [2.45, 2.75) is 23.1 Å². The van der Waals surface area contributed by atoms with Crippen LogP contribution in [0.2, 0.25) is 5.02 Å². The molecule has 0 N–H and O–H groups in total. The van der Waals surface area contributed by atoms with Gasteiger partial charge in [0.15, 0.2) is 16.4 Å². The van der Waals surface area contributed by atoms with E-state index >= 15 is 0 Å². The van der Waals surface area contributed by atoms with Crippen LogP contribution in [-0.4, -0.2) is 24.4 Å². The summed E-state index contributed by atoms with van der Waals surface area (Å²) in [6.45, 7) is 2.67. The maximum atomic E-state index is 13.5. The molecule has 5 rings (SSSR count). The third-order valence-electron chi connectivity index (χ3n) is 6.11. The van der Waals surface area contributed by atoms with E-state index in [1.165, 1.54) is 4.90 Å². The molecule has 1 aliphatic heterocycles. The summed E-state index contributed by atoms with van der Waals surface area (Å²) < 4.78 is 70.6. The monoisotopic (exact) mass is 634 g/mol. The molecule has 3 aromatic rings. The summed E-state index contributed by atoms with van der Waals surface area (Å²) in [5, 5.41) is 0.494. The number of halogens is 7. The van der Waals surface area contributed by atoms with Crippen molar-refractivity contribution in [1.82, 2.24) is 0 Å². The van der Waals surface area contributed by atoms with E-state index in [1.807, 2.05) is 36.4 Å². The fourth-order valence-electron chi connectivity index (χ4n) is 4.45. The van der Waals surface area contributed by atoms with E-state index in [2.05, 4.69) is 49.4 Å². The van der Waals surface area contributed by atoms with Gasteiger partial charge in [-0.1, -0.05) is 59.4 Å². The second-order valence-electron chi connectivity index (χ2n) is 9.20. The molecule has 2 unspecified atom stereocenters. The second-order valence-corrected chi connectivity index (χ2v) is 13.7. The van der Waals surface area contributed by atoms with Crippen molar-refractivity contribution in [1.29, 1.82) is 0 Å². The van der Waals surface area contributed by atoms with Gasteiger partial charge in [-0.05, 0) is 72.2 Å². The van der Waals surface area contributed by atoms with Gasteiger partial charge in [0, 0.05) is 0 Å². The van der Waals surface area contributed by atoms with Crippen molar-refractivity contribution in [3.63, 3.8) is 0 Å². The van der Waals surface area contributed by atoms with E-state index in [1.54, 1.807) is 13.2 Å². The van der Waals surface area contributed by atoms with E-state index in [9.17, 15) is 30.0 Å². The standard InChI is InChI=1S/C29H25ClO3S.F6P/c1-3-18-33-25-17-16-24(30)27-28(31)23-6-4-5-7-26(23)34(29(25)27)22-14-10-20(11-15-22)19-8-12-21(32-2)13-9-19;1-7(2,3,4,5)6/h4-17,23H,3,18H2,1-2H3;/q;-1/p+1. The molecule has 220 valence electrons. The summed E-state index contributed by atoms with van der Waals surface area (Å²) in [5.41, 5.74) is 2.86. The number of allylic oxidation sites excluding steroid dienone is 4. The maximum absolute atomic E-state index is 13.5. The molecular formula is C29H26ClF6O3PS. The Balaban J connectivity index is 0.000000493. The van der Waals surface area contributed by atoms with E-state index in [-0.39, 0.29) is 11.7 Å². The van der Waals surface area contributed by atoms with Crippen molar-refractivity contribution in [3.05, 3.63) is 95.6 Å². The first-order valence-electron chi connectivity index (χ1n) is 12.4. The van der Waals surface area contributed by atoms with Crippen LogP contribution < -0.4 is 9.47 Å². The Morgan fingerprint density at radius 1 is 0.878 bits per heavy atom. The molecule has 0 fully saturated rings.